The number of nitrogens with zero attached hydrogens (tertiary/aromatic N) is 4. The predicted molar refractivity (Wildman–Crippen MR) is 129 cm³/mol. The number of nitrogen functional groups attached to an aromatic ring is 1. The molecule has 13 heteroatoms. The van der Waals surface area contributed by atoms with Gasteiger partial charge in [-0.05, 0) is 25.3 Å². The van der Waals surface area contributed by atoms with Gasteiger partial charge in [0.25, 0.3) is 0 Å². The summed E-state index contributed by atoms with van der Waals surface area (Å²) in [5.41, 5.74) is 8.33. The highest BCUT2D eigenvalue weighted by molar-refractivity contribution is 7.90. The van der Waals surface area contributed by atoms with Crippen LogP contribution in [0.25, 0.3) is 20.8 Å². The smallest absolute Gasteiger partial charge is 0.221 e. The van der Waals surface area contributed by atoms with Gasteiger partial charge in [-0.25, -0.2) is 18.4 Å². The highest BCUT2D eigenvalue weighted by atomic mass is 35.5. The largest absolute Gasteiger partial charge is 0.390 e. The van der Waals surface area contributed by atoms with E-state index in [0.717, 1.165) is 35.0 Å². The van der Waals surface area contributed by atoms with E-state index in [1.807, 2.05) is 6.07 Å². The minimum absolute atomic E-state index is 0. The highest BCUT2D eigenvalue weighted by Gasteiger charge is 2.43. The van der Waals surface area contributed by atoms with Crippen molar-refractivity contribution in [1.82, 2.24) is 19.9 Å². The average Bonchev–Trinajstić information content (AvgIpc) is 3.43. The number of hydrogen-bond donors (Lipinski definition) is 4. The van der Waals surface area contributed by atoms with Gasteiger partial charge in [-0.2, -0.15) is 4.98 Å². The lowest BCUT2D eigenvalue weighted by Gasteiger charge is -2.20. The van der Waals surface area contributed by atoms with Gasteiger partial charge < -0.3 is 21.3 Å². The van der Waals surface area contributed by atoms with Crippen molar-refractivity contribution in [3.63, 3.8) is 0 Å². The van der Waals surface area contributed by atoms with E-state index in [0.29, 0.717) is 22.3 Å². The number of hydrogen-bond acceptors (Lipinski definition) is 11. The first-order valence-corrected chi connectivity index (χ1v) is 13.3. The second-order valence-electron chi connectivity index (χ2n) is 8.65. The Kier molecular flexibility index (Phi) is 6.49. The van der Waals surface area contributed by atoms with E-state index in [1.54, 1.807) is 12.4 Å². The molecule has 0 aliphatic heterocycles. The predicted octanol–water partition coefficient (Wildman–Crippen LogP) is 1.60. The third kappa shape index (κ3) is 4.90. The number of aromatic nitrogens is 4. The Hall–Kier alpha value is -2.12. The standard InChI is InChI=1S/C20H24N6O4S2.ClH/c1-32(29,30)8-10-6-12(17(28)16(10)27)24-18-11(7-23-20(21)26-18)19-25-15-13(31-19)4-5-22-14(15)9-2-3-9;/h4-5,7,9-10,12,16-17,27-28H,2-3,6,8H2,1H3,(H3,21,23,24,26);1H/t10-,12-,16-,17+;/m1./s1. The van der Waals surface area contributed by atoms with Gasteiger partial charge >= 0.3 is 0 Å². The van der Waals surface area contributed by atoms with Crippen LogP contribution in [0.2, 0.25) is 0 Å². The van der Waals surface area contributed by atoms with Crippen molar-refractivity contribution in [3.05, 3.63) is 24.2 Å². The molecule has 2 aliphatic rings. The quantitative estimate of drug-likeness (QED) is 0.381. The molecule has 2 fully saturated rings. The van der Waals surface area contributed by atoms with E-state index in [1.165, 1.54) is 11.3 Å². The number of aliphatic hydroxyl groups excluding tert-OH is 2. The fraction of sp³-hybridized carbons (Fsp3) is 0.500. The van der Waals surface area contributed by atoms with Crippen LogP contribution < -0.4 is 11.1 Å². The molecule has 10 nitrogen and oxygen atoms in total. The van der Waals surface area contributed by atoms with Crippen molar-refractivity contribution in [1.29, 1.82) is 0 Å². The van der Waals surface area contributed by atoms with Crippen LogP contribution in [0.5, 0.6) is 0 Å². The van der Waals surface area contributed by atoms with E-state index in [9.17, 15) is 18.6 Å². The van der Waals surface area contributed by atoms with Gasteiger partial charge in [-0.3, -0.25) is 4.98 Å². The van der Waals surface area contributed by atoms with Crippen molar-refractivity contribution in [3.8, 4) is 10.6 Å². The topological polar surface area (TPSA) is 164 Å². The Bertz CT molecular complexity index is 1280. The summed E-state index contributed by atoms with van der Waals surface area (Å²) < 4.78 is 24.4. The first-order chi connectivity index (χ1) is 15.2. The second-order valence-corrected chi connectivity index (χ2v) is 11.9. The number of nitrogens with two attached hydrogens (primary N) is 1. The lowest BCUT2D eigenvalue weighted by molar-refractivity contribution is 0.0216. The molecule has 178 valence electrons. The Morgan fingerprint density at radius 1 is 1.21 bits per heavy atom. The van der Waals surface area contributed by atoms with Crippen LogP contribution in [0.15, 0.2) is 18.5 Å². The molecule has 3 aromatic heterocycles. The molecule has 0 radical (unpaired) electrons. The zero-order valence-electron chi connectivity index (χ0n) is 17.7. The van der Waals surface area contributed by atoms with Gasteiger partial charge in [0.1, 0.15) is 32.3 Å². The number of rotatable bonds is 6. The van der Waals surface area contributed by atoms with Gasteiger partial charge in [0, 0.05) is 30.5 Å². The van der Waals surface area contributed by atoms with Crippen molar-refractivity contribution in [2.24, 2.45) is 5.92 Å². The molecule has 2 saturated carbocycles. The van der Waals surface area contributed by atoms with E-state index < -0.39 is 34.0 Å². The average molecular weight is 513 g/mol. The normalized spacial score (nSPS) is 25.2. The van der Waals surface area contributed by atoms with Crippen LogP contribution in [0.1, 0.15) is 30.9 Å². The van der Waals surface area contributed by atoms with Crippen molar-refractivity contribution in [2.75, 3.05) is 23.1 Å². The minimum Gasteiger partial charge on any atom is -0.390 e. The molecule has 0 spiro atoms. The van der Waals surface area contributed by atoms with E-state index in [4.69, 9.17) is 10.7 Å². The SMILES string of the molecule is CS(=O)(=O)C[C@H]1C[C@@H](Nc2nc(N)ncc2-c2nc3c(C4CC4)nccc3s2)[C@H](O)[C@@H]1O.Cl. The summed E-state index contributed by atoms with van der Waals surface area (Å²) in [5.74, 6) is 0.120. The van der Waals surface area contributed by atoms with Crippen molar-refractivity contribution >= 4 is 55.6 Å². The molecule has 2 aliphatic carbocycles. The summed E-state index contributed by atoms with van der Waals surface area (Å²) in [7, 11) is -3.30. The second kappa shape index (κ2) is 8.91. The summed E-state index contributed by atoms with van der Waals surface area (Å²) >= 11 is 1.49. The lowest BCUT2D eigenvalue weighted by Crippen LogP contribution is -2.36. The van der Waals surface area contributed by atoms with E-state index in [2.05, 4.69) is 20.3 Å². The van der Waals surface area contributed by atoms with Crippen molar-refractivity contribution < 1.29 is 18.6 Å². The third-order valence-corrected chi connectivity index (χ3v) is 8.07. The Morgan fingerprint density at radius 2 is 1.97 bits per heavy atom. The van der Waals surface area contributed by atoms with Gasteiger partial charge in [0.15, 0.2) is 0 Å². The Balaban J connectivity index is 0.00000259. The van der Waals surface area contributed by atoms with E-state index in [-0.39, 0.29) is 30.5 Å². The summed E-state index contributed by atoms with van der Waals surface area (Å²) in [4.78, 5) is 17.8. The third-order valence-electron chi connectivity index (χ3n) is 5.98. The van der Waals surface area contributed by atoms with Gasteiger partial charge in [0.2, 0.25) is 5.95 Å². The maximum Gasteiger partial charge on any atom is 0.221 e. The molecule has 5 rings (SSSR count). The van der Waals surface area contributed by atoms with Crippen LogP contribution in [-0.4, -0.2) is 68.8 Å². The number of aliphatic hydroxyl groups is 2. The molecule has 4 atom stereocenters. The molecular weight excluding hydrogens is 488 g/mol. The fourth-order valence-electron chi connectivity index (χ4n) is 4.30. The molecule has 0 unspecified atom stereocenters. The molecule has 0 aromatic carbocycles. The Morgan fingerprint density at radius 3 is 2.67 bits per heavy atom. The highest BCUT2D eigenvalue weighted by Crippen LogP contribution is 2.44. The molecule has 3 heterocycles. The van der Waals surface area contributed by atoms with Crippen LogP contribution in [0.3, 0.4) is 0 Å². The summed E-state index contributed by atoms with van der Waals surface area (Å²) in [5, 5.41) is 24.7. The summed E-state index contributed by atoms with van der Waals surface area (Å²) in [6, 6.07) is 1.34. The van der Waals surface area contributed by atoms with E-state index >= 15 is 0 Å². The van der Waals surface area contributed by atoms with Crippen LogP contribution in [0, 0.1) is 5.92 Å². The first-order valence-electron chi connectivity index (χ1n) is 10.4. The lowest BCUT2D eigenvalue weighted by atomic mass is 10.1. The Labute approximate surface area is 201 Å². The number of thiazole rings is 1. The van der Waals surface area contributed by atoms with Gasteiger partial charge in [-0.15, -0.1) is 23.7 Å². The number of pyridine rings is 1. The molecule has 0 amide bonds. The number of fused-ring (bicyclic) bond motifs is 1. The molecule has 3 aromatic rings. The van der Waals surface area contributed by atoms with Crippen molar-refractivity contribution in [2.45, 2.75) is 43.4 Å². The summed E-state index contributed by atoms with van der Waals surface area (Å²) in [6.07, 6.45) is 4.71. The minimum atomic E-state index is -3.30. The zero-order chi connectivity index (χ0) is 22.6. The maximum atomic E-state index is 11.7. The van der Waals surface area contributed by atoms with Crippen LogP contribution >= 0.6 is 23.7 Å². The number of nitrogens with one attached hydrogen (secondary N) is 1. The van der Waals surface area contributed by atoms with Crippen LogP contribution in [0.4, 0.5) is 11.8 Å². The zero-order valence-corrected chi connectivity index (χ0v) is 20.2. The first kappa shape index (κ1) is 24.0. The maximum absolute atomic E-state index is 11.7. The van der Waals surface area contributed by atoms with Gasteiger partial charge in [0.05, 0.1) is 33.9 Å². The molecular formula is C20H25ClN6O4S2. The number of halogens is 1. The fourth-order valence-corrected chi connectivity index (χ4v) is 6.40. The number of anilines is 2. The summed E-state index contributed by atoms with van der Waals surface area (Å²) in [6.45, 7) is 0. The molecule has 5 N–H and O–H groups in total. The molecule has 33 heavy (non-hydrogen) atoms. The van der Waals surface area contributed by atoms with Crippen LogP contribution in [-0.2, 0) is 9.84 Å². The molecule has 0 bridgehead atoms. The number of sulfone groups is 1. The molecule has 0 saturated heterocycles. The van der Waals surface area contributed by atoms with Gasteiger partial charge in [-0.1, -0.05) is 0 Å². The monoisotopic (exact) mass is 512 g/mol.